The molecule has 1 aromatic rings. The summed E-state index contributed by atoms with van der Waals surface area (Å²) in [5.41, 5.74) is 4.16. The third-order valence-electron chi connectivity index (χ3n) is 1.49. The van der Waals surface area contributed by atoms with Crippen LogP contribution in [0.25, 0.3) is 0 Å². The lowest BCUT2D eigenvalue weighted by Gasteiger charge is -1.97. The molecule has 1 heterocycles. The Bertz CT molecular complexity index is 437. The highest BCUT2D eigenvalue weighted by molar-refractivity contribution is 5.98. The maximum Gasteiger partial charge on any atom is 0.412 e. The van der Waals surface area contributed by atoms with E-state index in [1.54, 1.807) is 0 Å². The minimum Gasteiger partial charge on any atom is -0.372 e. The van der Waals surface area contributed by atoms with Crippen molar-refractivity contribution in [3.8, 4) is 0 Å². The first-order valence-corrected chi connectivity index (χ1v) is 3.61. The average molecular weight is 214 g/mol. The monoisotopic (exact) mass is 214 g/mol. The summed E-state index contributed by atoms with van der Waals surface area (Å²) in [7, 11) is 1.28. The van der Waals surface area contributed by atoms with Crippen molar-refractivity contribution in [1.82, 2.24) is 9.78 Å². The highest BCUT2D eigenvalue weighted by Crippen LogP contribution is 2.17. The summed E-state index contributed by atoms with van der Waals surface area (Å²) in [6.45, 7) is 0. The van der Waals surface area contributed by atoms with E-state index >= 15 is 0 Å². The zero-order valence-electron chi connectivity index (χ0n) is 7.54. The molecule has 0 unspecified atom stereocenters. The van der Waals surface area contributed by atoms with Crippen LogP contribution in [0.5, 0.6) is 0 Å². The maximum absolute atomic E-state index is 11.1. The van der Waals surface area contributed by atoms with E-state index in [2.05, 4.69) is 15.6 Å². The molecule has 15 heavy (non-hydrogen) atoms. The fourth-order valence-electron chi connectivity index (χ4n) is 0.938. The first-order chi connectivity index (χ1) is 6.93. The van der Waals surface area contributed by atoms with E-state index in [1.165, 1.54) is 7.05 Å². The minimum atomic E-state index is -1.34. The number of nitrogens with two attached hydrogens (primary N) is 1. The number of amides is 1. The normalized spacial score (nSPS) is 9.67. The summed E-state index contributed by atoms with van der Waals surface area (Å²) in [5, 5.41) is 14.0. The van der Waals surface area contributed by atoms with Crippen LogP contribution in [0.3, 0.4) is 0 Å². The molecule has 0 aliphatic rings. The predicted octanol–water partition coefficient (Wildman–Crippen LogP) is -0.436. The molecule has 0 aliphatic carbocycles. The zero-order valence-corrected chi connectivity index (χ0v) is 7.54. The molecule has 1 amide bonds. The van der Waals surface area contributed by atoms with E-state index in [-0.39, 0.29) is 0 Å². The number of aryl methyl sites for hydroxylation is 1. The van der Waals surface area contributed by atoms with Crippen LogP contribution in [-0.2, 0) is 11.8 Å². The molecule has 0 bridgehead atoms. The van der Waals surface area contributed by atoms with Crippen LogP contribution in [-0.4, -0.2) is 26.8 Å². The average Bonchev–Trinajstić information content (AvgIpc) is 2.45. The number of primary amides is 1. The molecule has 0 spiro atoms. The number of nitro groups is 1. The topological polar surface area (TPSA) is 130 Å². The Balaban J connectivity index is 3.09. The van der Waals surface area contributed by atoms with Gasteiger partial charge < -0.3 is 20.6 Å². The van der Waals surface area contributed by atoms with Gasteiger partial charge in [0.05, 0.1) is 6.20 Å². The van der Waals surface area contributed by atoms with Crippen LogP contribution in [0.1, 0.15) is 10.4 Å². The fourth-order valence-corrected chi connectivity index (χ4v) is 0.938. The van der Waals surface area contributed by atoms with Crippen LogP contribution in [0.2, 0.25) is 0 Å². The van der Waals surface area contributed by atoms with Crippen molar-refractivity contribution >= 4 is 17.9 Å². The van der Waals surface area contributed by atoms with Gasteiger partial charge in [-0.3, -0.25) is 0 Å². The molecular formula is C6H6N4O5. The molecule has 1 rings (SSSR count). The van der Waals surface area contributed by atoms with Gasteiger partial charge in [-0.2, -0.15) is 0 Å². The van der Waals surface area contributed by atoms with Crippen molar-refractivity contribution in [2.75, 3.05) is 0 Å². The molecule has 9 heteroatoms. The third-order valence-corrected chi connectivity index (χ3v) is 1.49. The van der Waals surface area contributed by atoms with E-state index in [0.29, 0.717) is 0 Å². The number of aromatic nitrogens is 2. The number of carbonyl (C=O) groups is 2. The van der Waals surface area contributed by atoms with Crippen LogP contribution < -0.4 is 5.73 Å². The molecule has 0 radical (unpaired) electrons. The van der Waals surface area contributed by atoms with Crippen molar-refractivity contribution in [2.45, 2.75) is 0 Å². The summed E-state index contributed by atoms with van der Waals surface area (Å²) in [6.07, 6.45) is -0.415. The van der Waals surface area contributed by atoms with Gasteiger partial charge in [0.2, 0.25) is 0 Å². The number of hydrogen-bond acceptors (Lipinski definition) is 6. The van der Waals surface area contributed by atoms with Crippen LogP contribution in [0.4, 0.5) is 10.6 Å². The number of nitrogens with zero attached hydrogens (tertiary/aromatic N) is 3. The number of esters is 1. The van der Waals surface area contributed by atoms with E-state index < -0.39 is 28.4 Å². The number of rotatable bonds is 2. The van der Waals surface area contributed by atoms with E-state index in [1.807, 2.05) is 0 Å². The first-order valence-electron chi connectivity index (χ1n) is 3.61. The molecule has 1 aromatic heterocycles. The smallest absolute Gasteiger partial charge is 0.372 e. The fraction of sp³-hybridized carbons (Fsp3) is 0.167. The molecule has 0 fully saturated rings. The Morgan fingerprint density at radius 3 is 2.73 bits per heavy atom. The summed E-state index contributed by atoms with van der Waals surface area (Å²) in [6, 6.07) is 0. The number of hydrogen-bond donors (Lipinski definition) is 1. The summed E-state index contributed by atoms with van der Waals surface area (Å²) < 4.78 is 4.86. The Morgan fingerprint density at radius 1 is 1.67 bits per heavy atom. The van der Waals surface area contributed by atoms with Crippen LogP contribution >= 0.6 is 0 Å². The van der Waals surface area contributed by atoms with E-state index in [4.69, 9.17) is 0 Å². The molecule has 0 saturated heterocycles. The number of ether oxygens (including phenoxy) is 1. The molecule has 0 aliphatic heterocycles. The second kappa shape index (κ2) is 3.74. The SMILES string of the molecule is Cn1ncc(C(=O)OC(N)=O)c1[N+](=O)[O-]. The zero-order chi connectivity index (χ0) is 11.6. The van der Waals surface area contributed by atoms with Gasteiger partial charge in [-0.05, 0) is 4.92 Å². The summed E-state index contributed by atoms with van der Waals surface area (Å²) >= 11 is 0. The molecule has 0 saturated carbocycles. The summed E-state index contributed by atoms with van der Waals surface area (Å²) in [5.74, 6) is -1.77. The molecule has 2 N–H and O–H groups in total. The van der Waals surface area contributed by atoms with Crippen molar-refractivity contribution in [1.29, 1.82) is 0 Å². The lowest BCUT2D eigenvalue weighted by atomic mass is 10.3. The number of carbonyl (C=O) groups excluding carboxylic acids is 2. The summed E-state index contributed by atoms with van der Waals surface area (Å²) in [4.78, 5) is 31.1. The van der Waals surface area contributed by atoms with Gasteiger partial charge in [-0.25, -0.2) is 9.59 Å². The molecule has 80 valence electrons. The standard InChI is InChI=1S/C6H6N4O5/c1-9-4(10(13)14)3(2-8-9)5(11)15-6(7)12/h2H,1H3,(H2,7,12). The van der Waals surface area contributed by atoms with Crippen molar-refractivity contribution in [3.63, 3.8) is 0 Å². The van der Waals surface area contributed by atoms with Crippen LogP contribution in [0.15, 0.2) is 6.20 Å². The Kier molecular flexibility index (Phi) is 2.65. The van der Waals surface area contributed by atoms with Crippen LogP contribution in [0, 0.1) is 10.1 Å². The predicted molar refractivity (Wildman–Crippen MR) is 44.9 cm³/mol. The van der Waals surface area contributed by atoms with Gasteiger partial charge in [-0.15, -0.1) is 4.68 Å². The quantitative estimate of drug-likeness (QED) is 0.307. The first kappa shape index (κ1) is 10.6. The van der Waals surface area contributed by atoms with E-state index in [0.717, 1.165) is 10.9 Å². The van der Waals surface area contributed by atoms with Crippen molar-refractivity contribution in [2.24, 2.45) is 12.8 Å². The van der Waals surface area contributed by atoms with Gasteiger partial charge in [0.15, 0.2) is 5.56 Å². The molecule has 9 nitrogen and oxygen atoms in total. The minimum absolute atomic E-state index is 0.429. The second-order valence-corrected chi connectivity index (χ2v) is 2.47. The molecule has 0 atom stereocenters. The lowest BCUT2D eigenvalue weighted by molar-refractivity contribution is -0.392. The maximum atomic E-state index is 11.1. The molecule has 0 aromatic carbocycles. The van der Waals surface area contributed by atoms with Crippen molar-refractivity contribution in [3.05, 3.63) is 21.9 Å². The molecular weight excluding hydrogens is 208 g/mol. The largest absolute Gasteiger partial charge is 0.412 e. The highest BCUT2D eigenvalue weighted by atomic mass is 16.6. The van der Waals surface area contributed by atoms with Gasteiger partial charge in [0.1, 0.15) is 7.05 Å². The third kappa shape index (κ3) is 2.07. The van der Waals surface area contributed by atoms with Gasteiger partial charge in [0.25, 0.3) is 0 Å². The van der Waals surface area contributed by atoms with Gasteiger partial charge in [0, 0.05) is 0 Å². The Labute approximate surface area is 82.6 Å². The van der Waals surface area contributed by atoms with Gasteiger partial charge >= 0.3 is 17.9 Å². The lowest BCUT2D eigenvalue weighted by Crippen LogP contribution is -2.19. The highest BCUT2D eigenvalue weighted by Gasteiger charge is 2.27. The van der Waals surface area contributed by atoms with Crippen molar-refractivity contribution < 1.29 is 19.2 Å². The van der Waals surface area contributed by atoms with E-state index in [9.17, 15) is 19.7 Å². The second-order valence-electron chi connectivity index (χ2n) is 2.47. The Hall–Kier alpha value is -2.45. The van der Waals surface area contributed by atoms with Gasteiger partial charge in [-0.1, -0.05) is 5.10 Å². The Morgan fingerprint density at radius 2 is 2.27 bits per heavy atom.